The minimum Gasteiger partial charge on any atom is -0.465 e. The van der Waals surface area contributed by atoms with Gasteiger partial charge in [0.2, 0.25) is 0 Å². The van der Waals surface area contributed by atoms with Gasteiger partial charge in [0, 0.05) is 36.5 Å². The molecule has 1 aliphatic rings. The van der Waals surface area contributed by atoms with E-state index < -0.39 is 20.6 Å². The molecule has 1 heterocycles. The van der Waals surface area contributed by atoms with Crippen molar-refractivity contribution >= 4 is 27.6 Å². The Hall–Kier alpha value is -1.87. The molecule has 0 bridgehead atoms. The second-order valence-corrected chi connectivity index (χ2v) is 10.8. The Morgan fingerprint density at radius 3 is 2.23 bits per heavy atom. The highest BCUT2D eigenvalue weighted by molar-refractivity contribution is 7.99. The van der Waals surface area contributed by atoms with Gasteiger partial charge in [0.05, 0.1) is 18.1 Å². The molecule has 0 spiro atoms. The number of nitrogens with zero attached hydrogens (tertiary/aromatic N) is 1. The normalized spacial score (nSPS) is 16.7. The Morgan fingerprint density at radius 1 is 1.03 bits per heavy atom. The zero-order chi connectivity index (χ0) is 22.3. The smallest absolute Gasteiger partial charge is 0.327 e. The minimum absolute atomic E-state index is 0.149. The van der Waals surface area contributed by atoms with Crippen LogP contribution >= 0.6 is 11.8 Å². The number of rotatable bonds is 9. The average molecular weight is 464 g/mol. The van der Waals surface area contributed by atoms with E-state index in [4.69, 9.17) is 9.47 Å². The molecular formula is C23H29NO5S2. The van der Waals surface area contributed by atoms with E-state index in [1.54, 1.807) is 50.1 Å². The first-order chi connectivity index (χ1) is 14.9. The lowest BCUT2D eigenvalue weighted by Crippen LogP contribution is -2.55. The SMILES string of the molecule is CCOC(=O)C1(S(=O)(=O)c2ccc(Sc3ccccc3)cc2)CCN(CCOC)CC1. The van der Waals surface area contributed by atoms with E-state index in [-0.39, 0.29) is 24.3 Å². The molecule has 0 amide bonds. The molecule has 168 valence electrons. The molecule has 0 saturated carbocycles. The van der Waals surface area contributed by atoms with Gasteiger partial charge in [-0.25, -0.2) is 8.42 Å². The van der Waals surface area contributed by atoms with E-state index in [0.717, 1.165) is 9.79 Å². The van der Waals surface area contributed by atoms with Crippen LogP contribution in [-0.4, -0.2) is 64.0 Å². The highest BCUT2D eigenvalue weighted by Gasteiger charge is 2.54. The number of likely N-dealkylation sites (tertiary alicyclic amines) is 1. The van der Waals surface area contributed by atoms with Gasteiger partial charge in [0.15, 0.2) is 14.6 Å². The maximum atomic E-state index is 13.7. The second kappa shape index (κ2) is 10.6. The fourth-order valence-electron chi connectivity index (χ4n) is 3.74. The van der Waals surface area contributed by atoms with E-state index in [0.29, 0.717) is 26.2 Å². The highest BCUT2D eigenvalue weighted by atomic mass is 32.2. The van der Waals surface area contributed by atoms with Crippen molar-refractivity contribution in [2.75, 3.05) is 40.0 Å². The molecule has 0 radical (unpaired) electrons. The summed E-state index contributed by atoms with van der Waals surface area (Å²) in [6.07, 6.45) is 0.413. The molecule has 0 aliphatic carbocycles. The van der Waals surface area contributed by atoms with Crippen molar-refractivity contribution in [2.24, 2.45) is 0 Å². The lowest BCUT2D eigenvalue weighted by Gasteiger charge is -2.39. The van der Waals surface area contributed by atoms with Crippen molar-refractivity contribution in [1.82, 2.24) is 4.90 Å². The van der Waals surface area contributed by atoms with Crippen LogP contribution in [0, 0.1) is 0 Å². The number of benzene rings is 2. The summed E-state index contributed by atoms with van der Waals surface area (Å²) in [6.45, 7) is 4.13. The number of piperidine rings is 1. The molecule has 6 nitrogen and oxygen atoms in total. The summed E-state index contributed by atoms with van der Waals surface area (Å²) >= 11 is 1.56. The Morgan fingerprint density at radius 2 is 1.65 bits per heavy atom. The van der Waals surface area contributed by atoms with Gasteiger partial charge in [-0.05, 0) is 56.2 Å². The van der Waals surface area contributed by atoms with Crippen LogP contribution in [0.5, 0.6) is 0 Å². The van der Waals surface area contributed by atoms with Gasteiger partial charge in [-0.1, -0.05) is 30.0 Å². The van der Waals surface area contributed by atoms with Gasteiger partial charge in [0.25, 0.3) is 0 Å². The second-order valence-electron chi connectivity index (χ2n) is 7.44. The van der Waals surface area contributed by atoms with E-state index in [2.05, 4.69) is 4.90 Å². The van der Waals surface area contributed by atoms with Crippen molar-refractivity contribution < 1.29 is 22.7 Å². The van der Waals surface area contributed by atoms with E-state index in [9.17, 15) is 13.2 Å². The van der Waals surface area contributed by atoms with Crippen LogP contribution in [0.3, 0.4) is 0 Å². The van der Waals surface area contributed by atoms with E-state index in [1.165, 1.54) is 0 Å². The van der Waals surface area contributed by atoms with Crippen molar-refractivity contribution in [2.45, 2.75) is 39.2 Å². The predicted molar refractivity (Wildman–Crippen MR) is 121 cm³/mol. The monoisotopic (exact) mass is 463 g/mol. The van der Waals surface area contributed by atoms with Crippen LogP contribution in [0.4, 0.5) is 0 Å². The van der Waals surface area contributed by atoms with Gasteiger partial charge in [-0.3, -0.25) is 4.79 Å². The van der Waals surface area contributed by atoms with Crippen molar-refractivity contribution in [3.63, 3.8) is 0 Å². The van der Waals surface area contributed by atoms with Crippen LogP contribution in [0.25, 0.3) is 0 Å². The number of ether oxygens (including phenoxy) is 2. The molecule has 1 fully saturated rings. The number of hydrogen-bond donors (Lipinski definition) is 0. The number of carbonyl (C=O) groups excluding carboxylic acids is 1. The van der Waals surface area contributed by atoms with Crippen LogP contribution < -0.4 is 0 Å². The maximum absolute atomic E-state index is 13.7. The number of sulfone groups is 1. The van der Waals surface area contributed by atoms with E-state index >= 15 is 0 Å². The van der Waals surface area contributed by atoms with Crippen LogP contribution in [0.1, 0.15) is 19.8 Å². The molecule has 0 N–H and O–H groups in total. The molecule has 2 aromatic carbocycles. The fourth-order valence-corrected chi connectivity index (χ4v) is 6.52. The first kappa shape index (κ1) is 23.8. The third-order valence-electron chi connectivity index (χ3n) is 5.55. The molecule has 8 heteroatoms. The molecule has 1 aliphatic heterocycles. The van der Waals surface area contributed by atoms with Crippen molar-refractivity contribution in [3.8, 4) is 0 Å². The topological polar surface area (TPSA) is 72.9 Å². The fraction of sp³-hybridized carbons (Fsp3) is 0.435. The third kappa shape index (κ3) is 5.31. The van der Waals surface area contributed by atoms with Gasteiger partial charge < -0.3 is 14.4 Å². The Labute approximate surface area is 188 Å². The molecule has 0 aromatic heterocycles. The largest absolute Gasteiger partial charge is 0.465 e. The maximum Gasteiger partial charge on any atom is 0.327 e. The summed E-state index contributed by atoms with van der Waals surface area (Å²) in [4.78, 5) is 17.2. The number of methoxy groups -OCH3 is 1. The molecular weight excluding hydrogens is 434 g/mol. The van der Waals surface area contributed by atoms with Crippen molar-refractivity contribution in [3.05, 3.63) is 54.6 Å². The standard InChI is InChI=1S/C23H29NO5S2/c1-3-29-22(25)23(13-15-24(16-14-23)17-18-28-2)31(26,27)21-11-9-20(10-12-21)30-19-7-5-4-6-8-19/h4-12H,3,13-18H2,1-2H3. The molecule has 2 aromatic rings. The third-order valence-corrected chi connectivity index (χ3v) is 9.06. The molecule has 3 rings (SSSR count). The van der Waals surface area contributed by atoms with Crippen LogP contribution in [0.2, 0.25) is 0 Å². The van der Waals surface area contributed by atoms with Gasteiger partial charge in [-0.15, -0.1) is 0 Å². The first-order valence-corrected chi connectivity index (χ1v) is 12.7. The first-order valence-electron chi connectivity index (χ1n) is 10.4. The molecule has 0 unspecified atom stereocenters. The lowest BCUT2D eigenvalue weighted by molar-refractivity contribution is -0.147. The summed E-state index contributed by atoms with van der Waals surface area (Å²) in [5.74, 6) is -0.649. The minimum atomic E-state index is -3.92. The molecule has 1 saturated heterocycles. The number of esters is 1. The Balaban J connectivity index is 1.84. The summed E-state index contributed by atoms with van der Waals surface area (Å²) in [7, 11) is -2.28. The zero-order valence-corrected chi connectivity index (χ0v) is 19.6. The molecule has 31 heavy (non-hydrogen) atoms. The van der Waals surface area contributed by atoms with Crippen molar-refractivity contribution in [1.29, 1.82) is 0 Å². The number of hydrogen-bond acceptors (Lipinski definition) is 7. The predicted octanol–water partition coefficient (Wildman–Crippen LogP) is 3.66. The van der Waals surface area contributed by atoms with Gasteiger partial charge >= 0.3 is 5.97 Å². The quantitative estimate of drug-likeness (QED) is 0.526. The Kier molecular flexibility index (Phi) is 8.16. The average Bonchev–Trinajstić information content (AvgIpc) is 2.79. The summed E-state index contributed by atoms with van der Waals surface area (Å²) in [6, 6.07) is 16.7. The van der Waals surface area contributed by atoms with Crippen LogP contribution in [-0.2, 0) is 24.1 Å². The summed E-state index contributed by atoms with van der Waals surface area (Å²) in [5, 5.41) is 0. The highest BCUT2D eigenvalue weighted by Crippen LogP contribution is 2.38. The zero-order valence-electron chi connectivity index (χ0n) is 18.0. The number of carbonyl (C=O) groups is 1. The molecule has 0 atom stereocenters. The van der Waals surface area contributed by atoms with E-state index in [1.807, 2.05) is 30.3 Å². The summed E-state index contributed by atoms with van der Waals surface area (Å²) < 4.78 is 36.1. The lowest BCUT2D eigenvalue weighted by atomic mass is 9.95. The van der Waals surface area contributed by atoms with Gasteiger partial charge in [-0.2, -0.15) is 0 Å². The Bertz CT molecular complexity index is 953. The van der Waals surface area contributed by atoms with Gasteiger partial charge in [0.1, 0.15) is 0 Å². The van der Waals surface area contributed by atoms with Crippen LogP contribution in [0.15, 0.2) is 69.3 Å². The summed E-state index contributed by atoms with van der Waals surface area (Å²) in [5.41, 5.74) is 0.